The fourth-order valence-corrected chi connectivity index (χ4v) is 3.52. The lowest BCUT2D eigenvalue weighted by atomic mass is 9.87. The first-order valence-electron chi connectivity index (χ1n) is 8.80. The second kappa shape index (κ2) is 6.80. The van der Waals surface area contributed by atoms with E-state index >= 15 is 0 Å². The first kappa shape index (κ1) is 16.7. The summed E-state index contributed by atoms with van der Waals surface area (Å²) in [6.07, 6.45) is 7.03. The standard InChI is InChI=1S/C20H27N3O/c1-20(2,3)14-18-6-4-13-23(18)19(24)17-9-7-16(8-10-17)15-22-12-5-11-21-22/h5,7-12,18H,4,6,13-15H2,1-3H3/t18-/m1/s1. The molecule has 1 aromatic carbocycles. The molecule has 0 spiro atoms. The molecule has 24 heavy (non-hydrogen) atoms. The maximum absolute atomic E-state index is 12.9. The maximum atomic E-state index is 12.9. The van der Waals surface area contributed by atoms with Crippen LogP contribution in [0.25, 0.3) is 0 Å². The monoisotopic (exact) mass is 325 g/mol. The molecule has 128 valence electrons. The van der Waals surface area contributed by atoms with E-state index in [4.69, 9.17) is 0 Å². The molecule has 1 amide bonds. The number of aromatic nitrogens is 2. The summed E-state index contributed by atoms with van der Waals surface area (Å²) in [5.74, 6) is 0.174. The first-order chi connectivity index (χ1) is 11.4. The highest BCUT2D eigenvalue weighted by Gasteiger charge is 2.32. The van der Waals surface area contributed by atoms with Crippen molar-refractivity contribution in [2.24, 2.45) is 5.41 Å². The Balaban J connectivity index is 1.68. The highest BCUT2D eigenvalue weighted by atomic mass is 16.2. The van der Waals surface area contributed by atoms with Gasteiger partial charge in [0.05, 0.1) is 6.54 Å². The molecule has 4 heteroatoms. The molecule has 0 aliphatic carbocycles. The van der Waals surface area contributed by atoms with Crippen LogP contribution in [0, 0.1) is 5.41 Å². The molecule has 0 bridgehead atoms. The molecule has 1 aliphatic rings. The second-order valence-corrected chi connectivity index (χ2v) is 7.96. The molecule has 0 unspecified atom stereocenters. The van der Waals surface area contributed by atoms with Crippen molar-refractivity contribution < 1.29 is 4.79 Å². The van der Waals surface area contributed by atoms with E-state index in [0.29, 0.717) is 6.04 Å². The van der Waals surface area contributed by atoms with Gasteiger partial charge >= 0.3 is 0 Å². The van der Waals surface area contributed by atoms with Gasteiger partial charge in [0.2, 0.25) is 0 Å². The largest absolute Gasteiger partial charge is 0.336 e. The number of benzene rings is 1. The van der Waals surface area contributed by atoms with Gasteiger partial charge in [-0.3, -0.25) is 9.48 Å². The molecule has 1 aliphatic heterocycles. The molecule has 2 heterocycles. The molecular weight excluding hydrogens is 298 g/mol. The Hall–Kier alpha value is -2.10. The number of rotatable bonds is 4. The highest BCUT2D eigenvalue weighted by molar-refractivity contribution is 5.94. The number of likely N-dealkylation sites (tertiary alicyclic amines) is 1. The van der Waals surface area contributed by atoms with Crippen LogP contribution >= 0.6 is 0 Å². The molecule has 0 radical (unpaired) electrons. The molecule has 4 nitrogen and oxygen atoms in total. The molecular formula is C20H27N3O. The third-order valence-corrected chi connectivity index (χ3v) is 4.59. The smallest absolute Gasteiger partial charge is 0.254 e. The molecule has 1 aromatic heterocycles. The highest BCUT2D eigenvalue weighted by Crippen LogP contribution is 2.30. The van der Waals surface area contributed by atoms with Crippen molar-refractivity contribution in [3.05, 3.63) is 53.9 Å². The average molecular weight is 325 g/mol. The summed E-state index contributed by atoms with van der Waals surface area (Å²) in [4.78, 5) is 15.0. The zero-order valence-electron chi connectivity index (χ0n) is 14.9. The van der Waals surface area contributed by atoms with Crippen LogP contribution in [0.15, 0.2) is 42.7 Å². The normalized spacial score (nSPS) is 18.1. The molecule has 3 rings (SSSR count). The van der Waals surface area contributed by atoms with Gasteiger partial charge in [0.25, 0.3) is 5.91 Å². The Kier molecular flexibility index (Phi) is 4.74. The predicted molar refractivity (Wildman–Crippen MR) is 95.9 cm³/mol. The second-order valence-electron chi connectivity index (χ2n) is 7.96. The van der Waals surface area contributed by atoms with Gasteiger partial charge in [0, 0.05) is 30.5 Å². The lowest BCUT2D eigenvalue weighted by molar-refractivity contribution is 0.0704. The first-order valence-corrected chi connectivity index (χ1v) is 8.80. The van der Waals surface area contributed by atoms with Crippen LogP contribution in [-0.2, 0) is 6.54 Å². The van der Waals surface area contributed by atoms with Gasteiger partial charge in [0.1, 0.15) is 0 Å². The van der Waals surface area contributed by atoms with Gasteiger partial charge in [0.15, 0.2) is 0 Å². The van der Waals surface area contributed by atoms with E-state index in [1.807, 2.05) is 41.2 Å². The fourth-order valence-electron chi connectivity index (χ4n) is 3.52. The average Bonchev–Trinajstić information content (AvgIpc) is 3.17. The minimum absolute atomic E-state index is 0.174. The summed E-state index contributed by atoms with van der Waals surface area (Å²) in [5, 5.41) is 4.22. The summed E-state index contributed by atoms with van der Waals surface area (Å²) < 4.78 is 1.89. The van der Waals surface area contributed by atoms with E-state index in [1.165, 1.54) is 0 Å². The molecule has 0 saturated carbocycles. The third kappa shape index (κ3) is 4.05. The Labute approximate surface area is 144 Å². The number of carbonyl (C=O) groups excluding carboxylic acids is 1. The summed E-state index contributed by atoms with van der Waals surface area (Å²) in [5.41, 5.74) is 2.20. The van der Waals surface area contributed by atoms with Crippen molar-refractivity contribution in [1.29, 1.82) is 0 Å². The topological polar surface area (TPSA) is 38.1 Å². The van der Waals surface area contributed by atoms with E-state index in [1.54, 1.807) is 6.20 Å². The van der Waals surface area contributed by atoms with Crippen molar-refractivity contribution in [3.63, 3.8) is 0 Å². The molecule has 1 atom stereocenters. The lowest BCUT2D eigenvalue weighted by Crippen LogP contribution is -2.37. The van der Waals surface area contributed by atoms with Gasteiger partial charge in [-0.2, -0.15) is 5.10 Å². The lowest BCUT2D eigenvalue weighted by Gasteiger charge is -2.30. The van der Waals surface area contributed by atoms with Crippen LogP contribution < -0.4 is 0 Å². The SMILES string of the molecule is CC(C)(C)C[C@H]1CCCN1C(=O)c1ccc(Cn2cccn2)cc1. The van der Waals surface area contributed by atoms with Crippen LogP contribution in [-0.4, -0.2) is 33.2 Å². The van der Waals surface area contributed by atoms with Crippen molar-refractivity contribution in [3.8, 4) is 0 Å². The molecule has 1 saturated heterocycles. The van der Waals surface area contributed by atoms with Crippen molar-refractivity contribution in [2.45, 2.75) is 52.6 Å². The molecule has 1 fully saturated rings. The fraction of sp³-hybridized carbons (Fsp3) is 0.500. The number of hydrogen-bond donors (Lipinski definition) is 0. The minimum atomic E-state index is 0.174. The van der Waals surface area contributed by atoms with Gasteiger partial charge in [-0.15, -0.1) is 0 Å². The van der Waals surface area contributed by atoms with E-state index in [2.05, 4.69) is 30.8 Å². The number of hydrogen-bond acceptors (Lipinski definition) is 2. The summed E-state index contributed by atoms with van der Waals surface area (Å²) in [7, 11) is 0. The third-order valence-electron chi connectivity index (χ3n) is 4.59. The van der Waals surface area contributed by atoms with E-state index in [9.17, 15) is 4.79 Å². The van der Waals surface area contributed by atoms with Crippen LogP contribution in [0.1, 0.15) is 56.0 Å². The zero-order valence-corrected chi connectivity index (χ0v) is 14.9. The van der Waals surface area contributed by atoms with Gasteiger partial charge in [-0.05, 0) is 48.4 Å². The molecule has 0 N–H and O–H groups in total. The quantitative estimate of drug-likeness (QED) is 0.853. The Morgan fingerprint density at radius 3 is 2.62 bits per heavy atom. The number of amides is 1. The van der Waals surface area contributed by atoms with Gasteiger partial charge in [-0.25, -0.2) is 0 Å². The number of carbonyl (C=O) groups is 1. The van der Waals surface area contributed by atoms with Crippen molar-refractivity contribution in [1.82, 2.24) is 14.7 Å². The van der Waals surface area contributed by atoms with Gasteiger partial charge < -0.3 is 4.90 Å². The van der Waals surface area contributed by atoms with Crippen molar-refractivity contribution >= 4 is 5.91 Å². The summed E-state index contributed by atoms with van der Waals surface area (Å²) in [6, 6.07) is 10.3. The summed E-state index contributed by atoms with van der Waals surface area (Å²) in [6.45, 7) is 8.36. The van der Waals surface area contributed by atoms with Crippen LogP contribution in [0.4, 0.5) is 0 Å². The zero-order chi connectivity index (χ0) is 17.2. The summed E-state index contributed by atoms with van der Waals surface area (Å²) >= 11 is 0. The van der Waals surface area contributed by atoms with Crippen LogP contribution in [0.3, 0.4) is 0 Å². The molecule has 2 aromatic rings. The Morgan fingerprint density at radius 1 is 1.25 bits per heavy atom. The van der Waals surface area contributed by atoms with E-state index in [-0.39, 0.29) is 11.3 Å². The maximum Gasteiger partial charge on any atom is 0.254 e. The van der Waals surface area contributed by atoms with Crippen LogP contribution in [0.2, 0.25) is 0 Å². The Bertz CT molecular complexity index is 668. The van der Waals surface area contributed by atoms with Crippen molar-refractivity contribution in [2.75, 3.05) is 6.54 Å². The van der Waals surface area contributed by atoms with E-state index in [0.717, 1.165) is 43.5 Å². The Morgan fingerprint density at radius 2 is 2.00 bits per heavy atom. The number of nitrogens with zero attached hydrogens (tertiary/aromatic N) is 3. The minimum Gasteiger partial charge on any atom is -0.336 e. The van der Waals surface area contributed by atoms with E-state index < -0.39 is 0 Å². The van der Waals surface area contributed by atoms with Crippen LogP contribution in [0.5, 0.6) is 0 Å². The van der Waals surface area contributed by atoms with Gasteiger partial charge in [-0.1, -0.05) is 32.9 Å². The predicted octanol–water partition coefficient (Wildman–Crippen LogP) is 3.97.